The molecule has 1 heterocycles. The zero-order valence-corrected chi connectivity index (χ0v) is 19.9. The molecule has 0 unspecified atom stereocenters. The molecule has 0 bridgehead atoms. The minimum Gasteiger partial charge on any atom is -0.444 e. The van der Waals surface area contributed by atoms with Crippen molar-refractivity contribution in [2.45, 2.75) is 65.0 Å². The molecule has 0 radical (unpaired) electrons. The fourth-order valence-electron chi connectivity index (χ4n) is 4.26. The second kappa shape index (κ2) is 9.33. The van der Waals surface area contributed by atoms with Crippen molar-refractivity contribution in [2.75, 3.05) is 0 Å². The third kappa shape index (κ3) is 5.14. The van der Waals surface area contributed by atoms with Gasteiger partial charge in [0, 0.05) is 5.56 Å². The first-order valence-corrected chi connectivity index (χ1v) is 11.5. The van der Waals surface area contributed by atoms with Crippen molar-refractivity contribution in [1.82, 2.24) is 5.32 Å². The van der Waals surface area contributed by atoms with Crippen LogP contribution < -0.4 is 15.7 Å². The van der Waals surface area contributed by atoms with Gasteiger partial charge in [0.1, 0.15) is 16.9 Å². The van der Waals surface area contributed by atoms with Crippen molar-refractivity contribution < 1.29 is 23.5 Å². The molecule has 1 aliphatic rings. The lowest BCUT2D eigenvalue weighted by molar-refractivity contribution is -0.136. The van der Waals surface area contributed by atoms with Gasteiger partial charge < -0.3 is 19.2 Å². The van der Waals surface area contributed by atoms with E-state index >= 15 is 0 Å². The van der Waals surface area contributed by atoms with Crippen LogP contribution in [-0.2, 0) is 22.4 Å². The first-order valence-electron chi connectivity index (χ1n) is 11.5. The molecule has 1 atom stereocenters. The summed E-state index contributed by atoms with van der Waals surface area (Å²) >= 11 is 0. The van der Waals surface area contributed by atoms with E-state index in [0.717, 1.165) is 24.0 Å². The number of carbonyl (C=O) groups excluding carboxylic acids is 2. The summed E-state index contributed by atoms with van der Waals surface area (Å²) in [5.74, 6) is -0.353. The predicted octanol–water partition coefficient (Wildman–Crippen LogP) is 5.15. The summed E-state index contributed by atoms with van der Waals surface area (Å²) < 4.78 is 16.8. The molecule has 1 aliphatic carbocycles. The van der Waals surface area contributed by atoms with E-state index in [9.17, 15) is 14.4 Å². The van der Waals surface area contributed by atoms with E-state index in [1.54, 1.807) is 57.2 Å². The first kappa shape index (κ1) is 23.5. The molecule has 1 aromatic heterocycles. The molecule has 2 aromatic carbocycles. The standard InChI is InChI=1S/C27H29NO6/c1-16-14-20-22(18-12-8-9-13-19(18)24(29)32-20)21(15-16)33-25(30)23(17-10-6-5-7-11-17)28-26(31)34-27(2,3)4/h5-7,10-11,14-15,23H,8-9,12-13H2,1-4H3,(H,28,31)/t23-/m0/s1. The lowest BCUT2D eigenvalue weighted by Gasteiger charge is -2.23. The van der Waals surface area contributed by atoms with Gasteiger partial charge in [-0.15, -0.1) is 0 Å². The average molecular weight is 464 g/mol. The van der Waals surface area contributed by atoms with Gasteiger partial charge in [0.2, 0.25) is 0 Å². The van der Waals surface area contributed by atoms with Crippen molar-refractivity contribution in [1.29, 1.82) is 0 Å². The van der Waals surface area contributed by atoms with Crippen LogP contribution in [0.25, 0.3) is 11.0 Å². The molecular weight excluding hydrogens is 434 g/mol. The van der Waals surface area contributed by atoms with Crippen LogP contribution in [0.5, 0.6) is 5.75 Å². The van der Waals surface area contributed by atoms with Crippen molar-refractivity contribution in [3.63, 3.8) is 0 Å². The molecular formula is C27H29NO6. The summed E-state index contributed by atoms with van der Waals surface area (Å²) in [7, 11) is 0. The van der Waals surface area contributed by atoms with Crippen LogP contribution in [0.1, 0.15) is 61.9 Å². The number of fused-ring (bicyclic) bond motifs is 3. The van der Waals surface area contributed by atoms with Gasteiger partial charge >= 0.3 is 17.7 Å². The molecule has 4 rings (SSSR count). The van der Waals surface area contributed by atoms with E-state index < -0.39 is 23.7 Å². The van der Waals surface area contributed by atoms with E-state index in [0.29, 0.717) is 40.7 Å². The van der Waals surface area contributed by atoms with Crippen molar-refractivity contribution in [3.8, 4) is 5.75 Å². The van der Waals surface area contributed by atoms with Crippen LogP contribution >= 0.6 is 0 Å². The Morgan fingerprint density at radius 3 is 2.38 bits per heavy atom. The number of rotatable bonds is 4. The number of aryl methyl sites for hydroxylation is 2. The minimum atomic E-state index is -1.09. The lowest BCUT2D eigenvalue weighted by Crippen LogP contribution is -2.39. The smallest absolute Gasteiger partial charge is 0.408 e. The van der Waals surface area contributed by atoms with Gasteiger partial charge in [-0.05, 0) is 82.2 Å². The molecule has 178 valence electrons. The molecule has 1 N–H and O–H groups in total. The second-order valence-corrected chi connectivity index (χ2v) is 9.60. The lowest BCUT2D eigenvalue weighted by atomic mass is 9.90. The largest absolute Gasteiger partial charge is 0.444 e. The summed E-state index contributed by atoms with van der Waals surface area (Å²) in [5.41, 5.74) is 2.19. The number of benzene rings is 2. The van der Waals surface area contributed by atoms with E-state index in [2.05, 4.69) is 5.32 Å². The number of hydrogen-bond acceptors (Lipinski definition) is 6. The molecule has 7 nitrogen and oxygen atoms in total. The number of carbonyl (C=O) groups is 2. The number of hydrogen-bond donors (Lipinski definition) is 1. The molecule has 1 amide bonds. The minimum absolute atomic E-state index is 0.314. The summed E-state index contributed by atoms with van der Waals surface area (Å²) in [6.45, 7) is 7.08. The predicted molar refractivity (Wildman–Crippen MR) is 128 cm³/mol. The van der Waals surface area contributed by atoms with Gasteiger partial charge in [-0.3, -0.25) is 0 Å². The number of amides is 1. The van der Waals surface area contributed by atoms with E-state index in [4.69, 9.17) is 13.9 Å². The Morgan fingerprint density at radius 2 is 1.71 bits per heavy atom. The fraction of sp³-hybridized carbons (Fsp3) is 0.370. The van der Waals surface area contributed by atoms with Crippen LogP contribution in [0.3, 0.4) is 0 Å². The maximum atomic E-state index is 13.4. The molecule has 34 heavy (non-hydrogen) atoms. The number of esters is 1. The van der Waals surface area contributed by atoms with Crippen LogP contribution in [0.2, 0.25) is 0 Å². The van der Waals surface area contributed by atoms with Gasteiger partial charge in [0.05, 0.1) is 5.39 Å². The second-order valence-electron chi connectivity index (χ2n) is 9.60. The fourth-order valence-corrected chi connectivity index (χ4v) is 4.26. The highest BCUT2D eigenvalue weighted by atomic mass is 16.6. The Balaban J connectivity index is 1.73. The maximum absolute atomic E-state index is 13.4. The summed E-state index contributed by atoms with van der Waals surface area (Å²) in [4.78, 5) is 38.4. The van der Waals surface area contributed by atoms with E-state index in [1.807, 2.05) is 13.0 Å². The van der Waals surface area contributed by atoms with Crippen molar-refractivity contribution in [3.05, 3.63) is 75.1 Å². The third-order valence-corrected chi connectivity index (χ3v) is 5.67. The Morgan fingerprint density at radius 1 is 1.03 bits per heavy atom. The Kier molecular flexibility index (Phi) is 6.46. The molecule has 3 aromatic rings. The molecule has 0 spiro atoms. The van der Waals surface area contributed by atoms with Gasteiger partial charge in [-0.25, -0.2) is 14.4 Å². The zero-order chi connectivity index (χ0) is 24.5. The Bertz CT molecular complexity index is 1290. The Labute approximate surface area is 198 Å². The van der Waals surface area contributed by atoms with Crippen LogP contribution in [0.15, 0.2) is 51.7 Å². The van der Waals surface area contributed by atoms with Gasteiger partial charge in [0.15, 0.2) is 6.04 Å². The van der Waals surface area contributed by atoms with Crippen molar-refractivity contribution >= 4 is 23.0 Å². The van der Waals surface area contributed by atoms with Crippen LogP contribution in [0, 0.1) is 6.92 Å². The number of ether oxygens (including phenoxy) is 2. The highest BCUT2D eigenvalue weighted by Gasteiger charge is 2.29. The highest BCUT2D eigenvalue weighted by molar-refractivity contribution is 5.92. The SMILES string of the molecule is Cc1cc(OC(=O)[C@@H](NC(=O)OC(C)(C)C)c2ccccc2)c2c3c(c(=O)oc2c1)CCCC3. The van der Waals surface area contributed by atoms with E-state index in [1.165, 1.54) is 0 Å². The molecule has 0 fully saturated rings. The number of alkyl carbamates (subject to hydrolysis) is 1. The van der Waals surface area contributed by atoms with Gasteiger partial charge in [-0.2, -0.15) is 0 Å². The third-order valence-electron chi connectivity index (χ3n) is 5.67. The first-order chi connectivity index (χ1) is 16.1. The van der Waals surface area contributed by atoms with Crippen LogP contribution in [-0.4, -0.2) is 17.7 Å². The quantitative estimate of drug-likeness (QED) is 0.327. The molecule has 0 saturated carbocycles. The monoisotopic (exact) mass is 463 g/mol. The summed E-state index contributed by atoms with van der Waals surface area (Å²) in [6, 6.07) is 11.3. The van der Waals surface area contributed by atoms with Crippen LogP contribution in [0.4, 0.5) is 4.79 Å². The zero-order valence-electron chi connectivity index (χ0n) is 19.9. The Hall–Kier alpha value is -3.61. The van der Waals surface area contributed by atoms with Gasteiger partial charge in [0.25, 0.3) is 0 Å². The normalized spacial score (nSPS) is 14.2. The summed E-state index contributed by atoms with van der Waals surface area (Å²) in [6.07, 6.45) is 2.49. The van der Waals surface area contributed by atoms with Gasteiger partial charge in [-0.1, -0.05) is 30.3 Å². The molecule has 0 aliphatic heterocycles. The summed E-state index contributed by atoms with van der Waals surface area (Å²) in [5, 5.41) is 3.27. The average Bonchev–Trinajstić information content (AvgIpc) is 2.76. The highest BCUT2D eigenvalue weighted by Crippen LogP contribution is 2.35. The topological polar surface area (TPSA) is 94.8 Å². The van der Waals surface area contributed by atoms with E-state index in [-0.39, 0.29) is 5.63 Å². The molecule has 0 saturated heterocycles. The van der Waals surface area contributed by atoms with Crippen molar-refractivity contribution in [2.24, 2.45) is 0 Å². The maximum Gasteiger partial charge on any atom is 0.408 e. The number of nitrogens with one attached hydrogen (secondary N) is 1. The molecule has 7 heteroatoms.